The van der Waals surface area contributed by atoms with Crippen LogP contribution in [-0.4, -0.2) is 15.9 Å². The maximum absolute atomic E-state index is 15.1. The van der Waals surface area contributed by atoms with Crippen molar-refractivity contribution in [1.29, 1.82) is 0 Å². The van der Waals surface area contributed by atoms with Gasteiger partial charge < -0.3 is 20.9 Å². The lowest BCUT2D eigenvalue weighted by atomic mass is 10.1. The number of carbonyl (C=O) groups is 1. The van der Waals surface area contributed by atoms with E-state index in [1.54, 1.807) is 30.3 Å². The van der Waals surface area contributed by atoms with Crippen LogP contribution in [0.1, 0.15) is 16.5 Å². The average molecular weight is 479 g/mol. The number of rotatable bonds is 8. The molecule has 1 heterocycles. The van der Waals surface area contributed by atoms with Crippen LogP contribution in [0.4, 0.5) is 10.2 Å². The van der Waals surface area contributed by atoms with Gasteiger partial charge in [0.25, 0.3) is 0 Å². The summed E-state index contributed by atoms with van der Waals surface area (Å²) >= 11 is 6.03. The molecule has 0 aliphatic carbocycles. The molecule has 172 valence electrons. The Morgan fingerprint density at radius 3 is 2.53 bits per heavy atom. The van der Waals surface area contributed by atoms with E-state index in [0.717, 1.165) is 5.56 Å². The molecule has 0 saturated carbocycles. The highest BCUT2D eigenvalue weighted by Gasteiger charge is 2.20. The summed E-state index contributed by atoms with van der Waals surface area (Å²) < 4.78 is 26.7. The Balaban J connectivity index is 1.61. The highest BCUT2D eigenvalue weighted by Crippen LogP contribution is 2.38. The summed E-state index contributed by atoms with van der Waals surface area (Å²) in [6, 6.07) is 20.4. The van der Waals surface area contributed by atoms with Gasteiger partial charge in [-0.05, 0) is 35.4 Å². The highest BCUT2D eigenvalue weighted by molar-refractivity contribution is 6.30. The van der Waals surface area contributed by atoms with Crippen molar-refractivity contribution in [3.05, 3.63) is 96.1 Å². The van der Waals surface area contributed by atoms with Crippen LogP contribution in [0.15, 0.2) is 79.1 Å². The number of primary amides is 1. The molecule has 0 saturated heterocycles. The first-order valence-corrected chi connectivity index (χ1v) is 10.6. The molecule has 4 N–H and O–H groups in total. The summed E-state index contributed by atoms with van der Waals surface area (Å²) in [6.45, 7) is 0.299. The van der Waals surface area contributed by atoms with Crippen molar-refractivity contribution in [3.63, 3.8) is 0 Å². The van der Waals surface area contributed by atoms with Crippen molar-refractivity contribution in [2.45, 2.75) is 12.0 Å². The monoisotopic (exact) mass is 478 g/mol. The van der Waals surface area contributed by atoms with Crippen LogP contribution in [-0.2, 0) is 11.4 Å². The van der Waals surface area contributed by atoms with Gasteiger partial charge in [-0.1, -0.05) is 42.5 Å². The number of nitrogen functional groups attached to an aromatic ring is 1. The lowest BCUT2D eigenvalue weighted by Gasteiger charge is -2.14. The van der Waals surface area contributed by atoms with Crippen LogP contribution < -0.4 is 20.9 Å². The second kappa shape index (κ2) is 10.2. The Labute approximate surface area is 200 Å². The zero-order chi connectivity index (χ0) is 24.1. The zero-order valence-electron chi connectivity index (χ0n) is 17.8. The number of hydrogen-bond acceptors (Lipinski definition) is 6. The summed E-state index contributed by atoms with van der Waals surface area (Å²) in [5, 5.41) is -1.03. The van der Waals surface area contributed by atoms with Crippen LogP contribution in [0, 0.1) is 5.82 Å². The molecule has 0 bridgehead atoms. The van der Waals surface area contributed by atoms with E-state index in [4.69, 9.17) is 32.5 Å². The van der Waals surface area contributed by atoms with E-state index in [1.807, 2.05) is 30.3 Å². The number of alkyl halides is 1. The highest BCUT2D eigenvalue weighted by atomic mass is 35.5. The number of amides is 1. The Hall–Kier alpha value is -4.17. The number of nitrogens with two attached hydrogens (primary N) is 2. The normalized spacial score (nSPS) is 11.6. The molecule has 9 heteroatoms. The van der Waals surface area contributed by atoms with Gasteiger partial charge in [0.2, 0.25) is 11.8 Å². The van der Waals surface area contributed by atoms with Gasteiger partial charge in [0.15, 0.2) is 0 Å². The first kappa shape index (κ1) is 23.0. The van der Waals surface area contributed by atoms with Crippen molar-refractivity contribution in [3.8, 4) is 28.5 Å². The van der Waals surface area contributed by atoms with Crippen LogP contribution in [0.25, 0.3) is 11.1 Å². The lowest BCUT2D eigenvalue weighted by molar-refractivity contribution is -0.117. The van der Waals surface area contributed by atoms with Crippen molar-refractivity contribution in [2.75, 3.05) is 5.73 Å². The third-order valence-corrected chi connectivity index (χ3v) is 5.38. The molecule has 4 rings (SSSR count). The SMILES string of the molecule is NC(=O)C(Cl)c1cccc(Oc2ncnc(N)c2-c2ccc(OCc3ccccc3)cc2F)c1. The minimum atomic E-state index is -1.03. The Morgan fingerprint density at radius 1 is 1.00 bits per heavy atom. The van der Waals surface area contributed by atoms with Crippen molar-refractivity contribution >= 4 is 23.3 Å². The second-order valence-electron chi connectivity index (χ2n) is 7.29. The fraction of sp³-hybridized carbons (Fsp3) is 0.0800. The number of halogens is 2. The Bertz CT molecular complexity index is 1320. The molecule has 34 heavy (non-hydrogen) atoms. The Kier molecular flexibility index (Phi) is 6.89. The minimum absolute atomic E-state index is 0.0327. The minimum Gasteiger partial charge on any atom is -0.489 e. The van der Waals surface area contributed by atoms with E-state index in [2.05, 4.69) is 9.97 Å². The van der Waals surface area contributed by atoms with Gasteiger partial charge >= 0.3 is 0 Å². The predicted octanol–water partition coefficient (Wildman–Crippen LogP) is 5.00. The first-order valence-electron chi connectivity index (χ1n) is 10.2. The largest absolute Gasteiger partial charge is 0.489 e. The van der Waals surface area contributed by atoms with E-state index >= 15 is 4.39 Å². The number of anilines is 1. The van der Waals surface area contributed by atoms with Crippen LogP contribution in [0.3, 0.4) is 0 Å². The average Bonchev–Trinajstić information content (AvgIpc) is 2.84. The number of benzene rings is 3. The molecule has 0 aliphatic heterocycles. The molecular weight excluding hydrogens is 459 g/mol. The van der Waals surface area contributed by atoms with E-state index in [-0.39, 0.29) is 22.8 Å². The summed E-state index contributed by atoms with van der Waals surface area (Å²) in [5.74, 6) is -0.540. The van der Waals surface area contributed by atoms with E-state index in [0.29, 0.717) is 23.7 Å². The first-order chi connectivity index (χ1) is 16.4. The Morgan fingerprint density at radius 2 is 1.79 bits per heavy atom. The molecular formula is C25H20ClFN4O3. The maximum Gasteiger partial charge on any atom is 0.240 e. The maximum atomic E-state index is 15.1. The quantitative estimate of drug-likeness (QED) is 0.344. The topological polar surface area (TPSA) is 113 Å². The number of carbonyl (C=O) groups excluding carboxylic acids is 1. The molecule has 3 aromatic carbocycles. The predicted molar refractivity (Wildman–Crippen MR) is 127 cm³/mol. The van der Waals surface area contributed by atoms with Crippen LogP contribution >= 0.6 is 11.6 Å². The third kappa shape index (κ3) is 5.24. The van der Waals surface area contributed by atoms with Crippen molar-refractivity contribution in [2.24, 2.45) is 5.73 Å². The molecule has 1 atom stereocenters. The van der Waals surface area contributed by atoms with Crippen molar-refractivity contribution in [1.82, 2.24) is 9.97 Å². The smallest absolute Gasteiger partial charge is 0.240 e. The molecule has 1 aromatic heterocycles. The van der Waals surface area contributed by atoms with Gasteiger partial charge in [-0.2, -0.15) is 0 Å². The van der Waals surface area contributed by atoms with Crippen molar-refractivity contribution < 1.29 is 18.7 Å². The number of hydrogen-bond donors (Lipinski definition) is 2. The number of ether oxygens (including phenoxy) is 2. The molecule has 4 aromatic rings. The lowest BCUT2D eigenvalue weighted by Crippen LogP contribution is -2.16. The fourth-order valence-electron chi connectivity index (χ4n) is 3.25. The molecule has 0 aliphatic rings. The molecule has 1 unspecified atom stereocenters. The van der Waals surface area contributed by atoms with Gasteiger partial charge in [0, 0.05) is 11.6 Å². The summed E-state index contributed by atoms with van der Waals surface area (Å²) in [4.78, 5) is 19.5. The van der Waals surface area contributed by atoms with Gasteiger partial charge in [0.05, 0.1) is 5.56 Å². The van der Waals surface area contributed by atoms with E-state index in [9.17, 15) is 4.79 Å². The summed E-state index contributed by atoms with van der Waals surface area (Å²) in [6.07, 6.45) is 1.21. The van der Waals surface area contributed by atoms with Gasteiger partial charge in [-0.15, -0.1) is 11.6 Å². The van der Waals surface area contributed by atoms with Gasteiger partial charge in [-0.25, -0.2) is 14.4 Å². The number of aromatic nitrogens is 2. The number of nitrogens with zero attached hydrogens (tertiary/aromatic N) is 2. The third-order valence-electron chi connectivity index (χ3n) is 4.92. The molecule has 7 nitrogen and oxygen atoms in total. The van der Waals surface area contributed by atoms with Gasteiger partial charge in [-0.3, -0.25) is 4.79 Å². The zero-order valence-corrected chi connectivity index (χ0v) is 18.6. The molecule has 0 fully saturated rings. The fourth-order valence-corrected chi connectivity index (χ4v) is 3.39. The molecule has 0 radical (unpaired) electrons. The van der Waals surface area contributed by atoms with Crippen LogP contribution in [0.2, 0.25) is 0 Å². The van der Waals surface area contributed by atoms with E-state index < -0.39 is 17.1 Å². The standard InChI is InChI=1S/C25H20ClFN4O3/c26-22(24(29)32)16-7-4-8-18(11-16)34-25-21(23(28)30-14-31-25)19-10-9-17(12-20(19)27)33-13-15-5-2-1-3-6-15/h1-12,14,22H,13H2,(H2,29,32)(H2,28,30,31). The van der Waals surface area contributed by atoms with Crippen LogP contribution in [0.5, 0.6) is 17.4 Å². The second-order valence-corrected chi connectivity index (χ2v) is 7.73. The van der Waals surface area contributed by atoms with Gasteiger partial charge in [0.1, 0.15) is 41.4 Å². The molecule has 0 spiro atoms. The molecule has 1 amide bonds. The summed E-state index contributed by atoms with van der Waals surface area (Å²) in [7, 11) is 0. The van der Waals surface area contributed by atoms with E-state index in [1.165, 1.54) is 18.5 Å². The summed E-state index contributed by atoms with van der Waals surface area (Å²) in [5.41, 5.74) is 13.1.